The smallest absolute Gasteiger partial charge is 0.258 e. The van der Waals surface area contributed by atoms with Crippen molar-refractivity contribution in [2.24, 2.45) is 0 Å². The van der Waals surface area contributed by atoms with Crippen molar-refractivity contribution in [3.05, 3.63) is 89.5 Å². The lowest BCUT2D eigenvalue weighted by Gasteiger charge is -2.20. The van der Waals surface area contributed by atoms with Gasteiger partial charge in [-0.15, -0.1) is 0 Å². The lowest BCUT2D eigenvalue weighted by Crippen LogP contribution is -2.46. The van der Waals surface area contributed by atoms with Gasteiger partial charge in [0.05, 0.1) is 6.61 Å². The molecule has 2 amide bonds. The lowest BCUT2D eigenvalue weighted by atomic mass is 9.86. The molecule has 0 unspecified atom stereocenters. The third-order valence-electron chi connectivity index (χ3n) is 7.53. The molecule has 1 heterocycles. The highest BCUT2D eigenvalue weighted by atomic mass is 32.2. The molecule has 0 aliphatic carbocycles. The van der Waals surface area contributed by atoms with Crippen LogP contribution in [0.2, 0.25) is 0 Å². The van der Waals surface area contributed by atoms with Crippen molar-refractivity contribution in [1.82, 2.24) is 20.2 Å². The van der Waals surface area contributed by atoms with Crippen LogP contribution in [-0.2, 0) is 16.6 Å². The molecule has 4 aromatic rings. The summed E-state index contributed by atoms with van der Waals surface area (Å²) in [5, 5.41) is 7.07. The van der Waals surface area contributed by atoms with Gasteiger partial charge in [-0.2, -0.15) is 4.98 Å². The summed E-state index contributed by atoms with van der Waals surface area (Å²) >= 11 is 1.20. The Bertz CT molecular complexity index is 1510. The largest absolute Gasteiger partial charge is 0.494 e. The van der Waals surface area contributed by atoms with Gasteiger partial charge < -0.3 is 14.6 Å². The van der Waals surface area contributed by atoms with Crippen LogP contribution in [0.15, 0.2) is 77.3 Å². The molecule has 0 saturated carbocycles. The van der Waals surface area contributed by atoms with Crippen LogP contribution in [-0.4, -0.2) is 40.9 Å². The molecule has 0 spiro atoms. The summed E-state index contributed by atoms with van der Waals surface area (Å²) in [6.07, 6.45) is 8.10. The van der Waals surface area contributed by atoms with E-state index in [9.17, 15) is 9.59 Å². The van der Waals surface area contributed by atoms with Crippen molar-refractivity contribution in [3.63, 3.8) is 0 Å². The van der Waals surface area contributed by atoms with Gasteiger partial charge >= 0.3 is 0 Å². The second kappa shape index (κ2) is 16.3. The molecule has 0 fully saturated rings. The number of nitrogens with zero attached hydrogens (tertiary/aromatic N) is 2. The summed E-state index contributed by atoms with van der Waals surface area (Å²) in [6, 6.07) is 22.0. The molecule has 0 aliphatic heterocycles. The molecular weight excluding hydrogens is 584 g/mol. The number of carbonyl (C=O) groups is 2. The van der Waals surface area contributed by atoms with Gasteiger partial charge in [0.25, 0.3) is 17.7 Å². The van der Waals surface area contributed by atoms with Gasteiger partial charge in [-0.3, -0.25) is 14.3 Å². The fourth-order valence-electron chi connectivity index (χ4n) is 4.82. The summed E-state index contributed by atoms with van der Waals surface area (Å²) < 4.78 is 14.2. The average Bonchev–Trinajstić information content (AvgIpc) is 3.53. The van der Waals surface area contributed by atoms with E-state index in [1.54, 1.807) is 18.4 Å². The number of benzene rings is 3. The van der Waals surface area contributed by atoms with Crippen LogP contribution in [0.5, 0.6) is 5.75 Å². The topological polar surface area (TPSA) is 106 Å². The number of unbranched alkanes of at least 4 members (excludes halogenated alkanes) is 4. The third-order valence-corrected chi connectivity index (χ3v) is 7.94. The number of carbonyl (C=O) groups excluding carboxylic acids is 2. The van der Waals surface area contributed by atoms with Crippen molar-refractivity contribution >= 4 is 23.8 Å². The van der Waals surface area contributed by atoms with Gasteiger partial charge in [-0.1, -0.05) is 107 Å². The molecule has 238 valence electrons. The van der Waals surface area contributed by atoms with E-state index in [4.69, 9.17) is 9.26 Å². The molecule has 45 heavy (non-hydrogen) atoms. The minimum atomic E-state index is -0.747. The number of hydrogen-bond donors (Lipinski definition) is 2. The Balaban J connectivity index is 1.37. The molecule has 0 bridgehead atoms. The van der Waals surface area contributed by atoms with E-state index in [0.29, 0.717) is 30.3 Å². The minimum absolute atomic E-state index is 0.0151. The summed E-state index contributed by atoms with van der Waals surface area (Å²) in [5.74, 6) is 1.15. The number of rotatable bonds is 15. The molecule has 1 aromatic heterocycles. The van der Waals surface area contributed by atoms with Crippen LogP contribution in [0.1, 0.15) is 81.3 Å². The quantitative estimate of drug-likeness (QED) is 0.102. The summed E-state index contributed by atoms with van der Waals surface area (Å²) in [6.45, 7) is 9.30. The van der Waals surface area contributed by atoms with E-state index in [0.717, 1.165) is 34.4 Å². The maximum absolute atomic E-state index is 13.1. The van der Waals surface area contributed by atoms with Crippen molar-refractivity contribution in [1.29, 1.82) is 0 Å². The molecular formula is C36H44N4O4S. The monoisotopic (exact) mass is 628 g/mol. The number of nitrogens with one attached hydrogen (secondary N) is 2. The van der Waals surface area contributed by atoms with Gasteiger partial charge in [-0.25, -0.2) is 0 Å². The normalized spacial score (nSPS) is 12.0. The van der Waals surface area contributed by atoms with Crippen LogP contribution < -0.4 is 14.8 Å². The Hall–Kier alpha value is -4.11. The molecule has 1 atom stereocenters. The Morgan fingerprint density at radius 2 is 1.56 bits per heavy atom. The first kappa shape index (κ1) is 33.8. The predicted molar refractivity (Wildman–Crippen MR) is 181 cm³/mol. The van der Waals surface area contributed by atoms with Gasteiger partial charge in [0, 0.05) is 29.4 Å². The molecule has 0 radical (unpaired) electrons. The zero-order valence-corrected chi connectivity index (χ0v) is 27.7. The van der Waals surface area contributed by atoms with Gasteiger partial charge in [-0.05, 0) is 59.4 Å². The fraction of sp³-hybridized carbons (Fsp3) is 0.389. The highest BCUT2D eigenvalue weighted by Gasteiger charge is 2.23. The van der Waals surface area contributed by atoms with Crippen molar-refractivity contribution in [2.45, 2.75) is 77.7 Å². The zero-order valence-electron chi connectivity index (χ0n) is 26.9. The van der Waals surface area contributed by atoms with Crippen LogP contribution in [0, 0.1) is 0 Å². The van der Waals surface area contributed by atoms with E-state index in [1.165, 1.54) is 37.6 Å². The fourth-order valence-corrected chi connectivity index (χ4v) is 5.16. The van der Waals surface area contributed by atoms with Gasteiger partial charge in [0.15, 0.2) is 0 Å². The molecule has 9 heteroatoms. The molecule has 3 aromatic carbocycles. The molecule has 0 saturated heterocycles. The first-order valence-corrected chi connectivity index (χ1v) is 16.8. The summed E-state index contributed by atoms with van der Waals surface area (Å²) in [5.41, 5.74) is 4.10. The molecule has 0 aliphatic rings. The highest BCUT2D eigenvalue weighted by Crippen LogP contribution is 2.25. The van der Waals surface area contributed by atoms with E-state index in [2.05, 4.69) is 47.9 Å². The minimum Gasteiger partial charge on any atom is -0.494 e. The van der Waals surface area contributed by atoms with Crippen LogP contribution >= 0.6 is 11.9 Å². The van der Waals surface area contributed by atoms with Crippen molar-refractivity contribution < 1.29 is 18.8 Å². The number of ether oxygens (including phenoxy) is 1. The van der Waals surface area contributed by atoms with E-state index in [-0.39, 0.29) is 17.2 Å². The molecule has 2 N–H and O–H groups in total. The Morgan fingerprint density at radius 3 is 2.20 bits per heavy atom. The SMILES string of the molecule is CCCCCCCOc1ccc(-c2nc(-c3ccc(C[C@H](NC(=O)c4ccc(C(C)(C)C)cc4)C(=O)NSC)cc3)no2)cc1. The van der Waals surface area contributed by atoms with E-state index < -0.39 is 6.04 Å². The second-order valence-corrected chi connectivity index (χ2v) is 12.7. The van der Waals surface area contributed by atoms with E-state index in [1.807, 2.05) is 60.7 Å². The van der Waals surface area contributed by atoms with Crippen LogP contribution in [0.25, 0.3) is 22.8 Å². The Kier molecular flexibility index (Phi) is 12.2. The van der Waals surface area contributed by atoms with E-state index >= 15 is 0 Å². The Labute approximate surface area is 270 Å². The van der Waals surface area contributed by atoms with Crippen molar-refractivity contribution in [2.75, 3.05) is 12.9 Å². The van der Waals surface area contributed by atoms with Crippen molar-refractivity contribution in [3.8, 4) is 28.6 Å². The average molecular weight is 629 g/mol. The first-order chi connectivity index (χ1) is 21.7. The van der Waals surface area contributed by atoms with Gasteiger partial charge in [0.1, 0.15) is 11.8 Å². The number of aromatic nitrogens is 2. The maximum atomic E-state index is 13.1. The number of hydrogen-bond acceptors (Lipinski definition) is 7. The standard InChI is InChI=1S/C36H44N4O4S/c1-6-7-8-9-10-23-43-30-21-17-28(18-22-30)35-38-32(39-44-35)26-13-11-25(12-14-26)24-31(34(42)40-45-5)37-33(41)27-15-19-29(20-16-27)36(2,3)4/h11-22,31H,6-10,23-24H2,1-5H3,(H,37,41)(H,40,42)/t31-/m0/s1. The zero-order chi connectivity index (χ0) is 32.2. The second-order valence-electron chi connectivity index (χ2n) is 12.1. The molecule has 8 nitrogen and oxygen atoms in total. The predicted octanol–water partition coefficient (Wildman–Crippen LogP) is 7.79. The maximum Gasteiger partial charge on any atom is 0.258 e. The summed E-state index contributed by atoms with van der Waals surface area (Å²) in [4.78, 5) is 30.5. The lowest BCUT2D eigenvalue weighted by molar-refractivity contribution is -0.121. The molecule has 4 rings (SSSR count). The van der Waals surface area contributed by atoms with Crippen LogP contribution in [0.3, 0.4) is 0 Å². The van der Waals surface area contributed by atoms with Crippen LogP contribution in [0.4, 0.5) is 0 Å². The third kappa shape index (κ3) is 9.94. The Morgan fingerprint density at radius 1 is 0.889 bits per heavy atom. The summed E-state index contributed by atoms with van der Waals surface area (Å²) in [7, 11) is 0. The highest BCUT2D eigenvalue weighted by molar-refractivity contribution is 7.97. The van der Waals surface area contributed by atoms with Gasteiger partial charge in [0.2, 0.25) is 5.82 Å². The number of amides is 2. The first-order valence-electron chi connectivity index (χ1n) is 15.6.